The number of nitrogens with one attached hydrogen (secondary N) is 1. The largest absolute Gasteiger partial charge is 0.457 e. The van der Waals surface area contributed by atoms with Crippen molar-refractivity contribution in [2.24, 2.45) is 0 Å². The van der Waals surface area contributed by atoms with Gasteiger partial charge < -0.3 is 14.8 Å². The molecule has 0 aliphatic carbocycles. The Bertz CT molecular complexity index is 997. The summed E-state index contributed by atoms with van der Waals surface area (Å²) in [5.74, 6) is -2.03. The lowest BCUT2D eigenvalue weighted by Gasteiger charge is -2.14. The molecule has 0 spiro atoms. The Hall–Kier alpha value is -2.99. The molecule has 3 aromatic carbocycles. The van der Waals surface area contributed by atoms with Crippen LogP contribution in [0.4, 0.5) is 8.78 Å². The zero-order chi connectivity index (χ0) is 21.0. The molecular weight excluding hydrogens is 376 g/mol. The zero-order valence-electron chi connectivity index (χ0n) is 16.5. The minimum absolute atomic E-state index is 0.0684. The molecule has 0 radical (unpaired) electrons. The van der Waals surface area contributed by atoms with Gasteiger partial charge in [0.15, 0.2) is 0 Å². The van der Waals surface area contributed by atoms with Gasteiger partial charge in [-0.05, 0) is 60.8 Å². The quantitative estimate of drug-likeness (QED) is 0.570. The van der Waals surface area contributed by atoms with Crippen LogP contribution in [0, 0.1) is 0 Å². The van der Waals surface area contributed by atoms with Crippen molar-refractivity contribution in [2.75, 3.05) is 13.7 Å². The van der Waals surface area contributed by atoms with Crippen LogP contribution in [0.1, 0.15) is 29.8 Å². The molecule has 29 heavy (non-hydrogen) atoms. The standard InChI is InChI=1S/C23H23F2NO3/c1-15(14-28-3)26-22(27)17-7-12-20-16(13-17)5-4-6-21(20)29-19-10-8-18(9-11-19)23(2,24)25/h4-13,15H,14H2,1-3H3,(H,26,27)/t15-/m0/s1. The minimum Gasteiger partial charge on any atom is -0.457 e. The number of halogens is 2. The summed E-state index contributed by atoms with van der Waals surface area (Å²) < 4.78 is 37.7. The van der Waals surface area contributed by atoms with Gasteiger partial charge in [0.2, 0.25) is 0 Å². The fraction of sp³-hybridized carbons (Fsp3) is 0.261. The number of amides is 1. The lowest BCUT2D eigenvalue weighted by Crippen LogP contribution is -2.35. The second kappa shape index (κ2) is 8.57. The molecule has 0 aliphatic rings. The van der Waals surface area contributed by atoms with Gasteiger partial charge in [0.25, 0.3) is 11.8 Å². The SMILES string of the molecule is COC[C@H](C)NC(=O)c1ccc2c(Oc3ccc(C(C)(F)F)cc3)cccc2c1. The van der Waals surface area contributed by atoms with Crippen molar-refractivity contribution >= 4 is 16.7 Å². The summed E-state index contributed by atoms with van der Waals surface area (Å²) in [7, 11) is 1.58. The Morgan fingerprint density at radius 2 is 1.83 bits per heavy atom. The number of benzene rings is 3. The first-order valence-electron chi connectivity index (χ1n) is 9.26. The molecule has 152 valence electrons. The van der Waals surface area contributed by atoms with Crippen molar-refractivity contribution in [3.63, 3.8) is 0 Å². The van der Waals surface area contributed by atoms with Gasteiger partial charge in [0.05, 0.1) is 6.61 Å². The van der Waals surface area contributed by atoms with Crippen molar-refractivity contribution in [1.82, 2.24) is 5.32 Å². The normalized spacial score (nSPS) is 12.6. The molecule has 3 aromatic rings. The average Bonchev–Trinajstić information content (AvgIpc) is 2.67. The number of ether oxygens (including phenoxy) is 2. The summed E-state index contributed by atoms with van der Waals surface area (Å²) >= 11 is 0. The third kappa shape index (κ3) is 5.09. The molecule has 0 heterocycles. The Morgan fingerprint density at radius 1 is 1.10 bits per heavy atom. The van der Waals surface area contributed by atoms with E-state index in [1.165, 1.54) is 24.3 Å². The Morgan fingerprint density at radius 3 is 2.48 bits per heavy atom. The van der Waals surface area contributed by atoms with Gasteiger partial charge >= 0.3 is 0 Å². The summed E-state index contributed by atoms with van der Waals surface area (Å²) in [5, 5.41) is 4.53. The molecule has 4 nitrogen and oxygen atoms in total. The summed E-state index contributed by atoms with van der Waals surface area (Å²) in [6.07, 6.45) is 0. The highest BCUT2D eigenvalue weighted by Gasteiger charge is 2.23. The molecular formula is C23H23F2NO3. The van der Waals surface area contributed by atoms with Crippen LogP contribution in [-0.4, -0.2) is 25.7 Å². The highest BCUT2D eigenvalue weighted by atomic mass is 19.3. The van der Waals surface area contributed by atoms with Gasteiger partial charge in [-0.15, -0.1) is 0 Å². The molecule has 0 unspecified atom stereocenters. The van der Waals surface area contributed by atoms with Gasteiger partial charge in [-0.3, -0.25) is 4.79 Å². The maximum absolute atomic E-state index is 13.4. The zero-order valence-corrected chi connectivity index (χ0v) is 16.5. The van der Waals surface area contributed by atoms with E-state index in [0.717, 1.165) is 17.7 Å². The van der Waals surface area contributed by atoms with Crippen LogP contribution in [-0.2, 0) is 10.7 Å². The van der Waals surface area contributed by atoms with E-state index in [4.69, 9.17) is 9.47 Å². The number of methoxy groups -OCH3 is 1. The van der Waals surface area contributed by atoms with Crippen LogP contribution in [0.5, 0.6) is 11.5 Å². The molecule has 0 fully saturated rings. The lowest BCUT2D eigenvalue weighted by atomic mass is 10.1. The van der Waals surface area contributed by atoms with E-state index in [9.17, 15) is 13.6 Å². The van der Waals surface area contributed by atoms with Crippen molar-refractivity contribution in [3.05, 3.63) is 71.8 Å². The Labute approximate surface area is 168 Å². The van der Waals surface area contributed by atoms with Crippen LogP contribution in [0.25, 0.3) is 10.8 Å². The van der Waals surface area contributed by atoms with E-state index in [-0.39, 0.29) is 17.5 Å². The van der Waals surface area contributed by atoms with E-state index in [0.29, 0.717) is 23.7 Å². The van der Waals surface area contributed by atoms with E-state index in [1.807, 2.05) is 25.1 Å². The van der Waals surface area contributed by atoms with E-state index < -0.39 is 5.92 Å². The number of hydrogen-bond donors (Lipinski definition) is 1. The second-order valence-electron chi connectivity index (χ2n) is 7.04. The minimum atomic E-state index is -2.89. The van der Waals surface area contributed by atoms with Crippen molar-refractivity contribution in [2.45, 2.75) is 25.8 Å². The smallest absolute Gasteiger partial charge is 0.270 e. The van der Waals surface area contributed by atoms with Gasteiger partial charge in [-0.2, -0.15) is 0 Å². The first kappa shape index (κ1) is 20.7. The number of carbonyl (C=O) groups excluding carboxylic acids is 1. The second-order valence-corrected chi connectivity index (χ2v) is 7.04. The molecule has 0 aliphatic heterocycles. The number of rotatable bonds is 7. The number of alkyl halides is 2. The molecule has 0 saturated carbocycles. The van der Waals surface area contributed by atoms with Gasteiger partial charge in [0, 0.05) is 36.6 Å². The molecule has 1 atom stereocenters. The van der Waals surface area contributed by atoms with E-state index in [1.54, 1.807) is 25.3 Å². The molecule has 1 N–H and O–H groups in total. The molecule has 3 rings (SSSR count). The Kier molecular flexibility index (Phi) is 6.13. The van der Waals surface area contributed by atoms with Crippen molar-refractivity contribution in [1.29, 1.82) is 0 Å². The monoisotopic (exact) mass is 399 g/mol. The Balaban J connectivity index is 1.82. The highest BCUT2D eigenvalue weighted by Crippen LogP contribution is 2.33. The van der Waals surface area contributed by atoms with Crippen molar-refractivity contribution < 1.29 is 23.0 Å². The summed E-state index contributed by atoms with van der Waals surface area (Å²) in [6, 6.07) is 16.5. The topological polar surface area (TPSA) is 47.6 Å². The number of fused-ring (bicyclic) bond motifs is 1. The predicted octanol–water partition coefficient (Wildman–Crippen LogP) is 5.51. The van der Waals surface area contributed by atoms with Crippen LogP contribution in [0.3, 0.4) is 0 Å². The van der Waals surface area contributed by atoms with Gasteiger partial charge in [-0.25, -0.2) is 8.78 Å². The van der Waals surface area contributed by atoms with E-state index >= 15 is 0 Å². The van der Waals surface area contributed by atoms with Crippen LogP contribution >= 0.6 is 0 Å². The fourth-order valence-electron chi connectivity index (χ4n) is 3.03. The molecule has 0 saturated heterocycles. The third-order valence-electron chi connectivity index (χ3n) is 4.49. The predicted molar refractivity (Wildman–Crippen MR) is 109 cm³/mol. The third-order valence-corrected chi connectivity index (χ3v) is 4.49. The van der Waals surface area contributed by atoms with Crippen molar-refractivity contribution in [3.8, 4) is 11.5 Å². The van der Waals surface area contributed by atoms with Gasteiger partial charge in [-0.1, -0.05) is 12.1 Å². The summed E-state index contributed by atoms with van der Waals surface area (Å²) in [6.45, 7) is 3.16. The molecule has 1 amide bonds. The molecule has 0 bridgehead atoms. The fourth-order valence-corrected chi connectivity index (χ4v) is 3.03. The summed E-state index contributed by atoms with van der Waals surface area (Å²) in [5.41, 5.74) is 0.466. The molecule has 6 heteroatoms. The van der Waals surface area contributed by atoms with Crippen LogP contribution < -0.4 is 10.1 Å². The van der Waals surface area contributed by atoms with E-state index in [2.05, 4.69) is 5.32 Å². The molecule has 0 aromatic heterocycles. The van der Waals surface area contributed by atoms with Crippen LogP contribution in [0.15, 0.2) is 60.7 Å². The van der Waals surface area contributed by atoms with Crippen LogP contribution in [0.2, 0.25) is 0 Å². The van der Waals surface area contributed by atoms with Gasteiger partial charge in [0.1, 0.15) is 11.5 Å². The average molecular weight is 399 g/mol. The number of hydrogen-bond acceptors (Lipinski definition) is 3. The summed E-state index contributed by atoms with van der Waals surface area (Å²) in [4.78, 5) is 12.4. The first-order valence-corrected chi connectivity index (χ1v) is 9.26. The maximum Gasteiger partial charge on any atom is 0.270 e. The lowest BCUT2D eigenvalue weighted by molar-refractivity contribution is 0.0174. The number of carbonyl (C=O) groups is 1. The first-order chi connectivity index (χ1) is 13.8. The maximum atomic E-state index is 13.4. The highest BCUT2D eigenvalue weighted by molar-refractivity contribution is 6.00.